The number of hydrogen-bond donors (Lipinski definition) is 0. The fraction of sp³-hybridized carbons (Fsp3) is 0.682. The molecule has 3 saturated heterocycles. The quantitative estimate of drug-likeness (QED) is 0.794. The van der Waals surface area contributed by atoms with Crippen LogP contribution >= 0.6 is 0 Å². The molecule has 1 aromatic rings. The van der Waals surface area contributed by atoms with Gasteiger partial charge in [0.25, 0.3) is 5.91 Å². The zero-order valence-electron chi connectivity index (χ0n) is 17.0. The largest absolute Gasteiger partial charge is 0.373 e. The third kappa shape index (κ3) is 4.57. The molecule has 1 aromatic carbocycles. The van der Waals surface area contributed by atoms with Gasteiger partial charge >= 0.3 is 0 Å². The first kappa shape index (κ1) is 19.8. The minimum atomic E-state index is -0.270. The van der Waals surface area contributed by atoms with Crippen LogP contribution in [0.2, 0.25) is 0 Å². The Morgan fingerprint density at radius 2 is 1.71 bits per heavy atom. The molecule has 0 aromatic heterocycles. The van der Waals surface area contributed by atoms with Crippen molar-refractivity contribution < 1.29 is 19.0 Å². The molecule has 4 rings (SSSR count). The molecule has 6 nitrogen and oxygen atoms in total. The van der Waals surface area contributed by atoms with Crippen molar-refractivity contribution in [2.24, 2.45) is 0 Å². The average molecular weight is 389 g/mol. The number of carbonyl (C=O) groups is 1. The number of hydrogen-bond acceptors (Lipinski definition) is 5. The summed E-state index contributed by atoms with van der Waals surface area (Å²) < 4.78 is 17.2. The third-order valence-corrected chi connectivity index (χ3v) is 5.87. The highest BCUT2D eigenvalue weighted by molar-refractivity contribution is 5.94. The van der Waals surface area contributed by atoms with Gasteiger partial charge < -0.3 is 19.1 Å². The zero-order valence-corrected chi connectivity index (χ0v) is 17.0. The number of morpholine rings is 1. The Hall–Kier alpha value is -1.47. The molecule has 0 saturated carbocycles. The fourth-order valence-corrected chi connectivity index (χ4v) is 4.68. The molecule has 154 valence electrons. The molecule has 0 radical (unpaired) electrons. The van der Waals surface area contributed by atoms with Crippen LogP contribution in [-0.2, 0) is 20.8 Å². The van der Waals surface area contributed by atoms with E-state index in [2.05, 4.69) is 30.9 Å². The normalized spacial score (nSPS) is 29.9. The minimum Gasteiger partial charge on any atom is -0.373 e. The predicted molar refractivity (Wildman–Crippen MR) is 106 cm³/mol. The van der Waals surface area contributed by atoms with Gasteiger partial charge in [-0.3, -0.25) is 9.69 Å². The number of likely N-dealkylation sites (tertiary alicyclic amines) is 1. The van der Waals surface area contributed by atoms with E-state index in [1.807, 2.05) is 17.0 Å². The van der Waals surface area contributed by atoms with Gasteiger partial charge in [-0.05, 0) is 50.8 Å². The monoisotopic (exact) mass is 388 g/mol. The van der Waals surface area contributed by atoms with Gasteiger partial charge in [-0.15, -0.1) is 0 Å². The lowest BCUT2D eigenvalue weighted by atomic mass is 10.00. The van der Waals surface area contributed by atoms with Crippen LogP contribution in [0.4, 0.5) is 0 Å². The summed E-state index contributed by atoms with van der Waals surface area (Å²) in [5, 5.41) is 0. The lowest BCUT2D eigenvalue weighted by Gasteiger charge is -2.38. The van der Waals surface area contributed by atoms with Crippen LogP contribution in [0.1, 0.15) is 49.0 Å². The maximum atomic E-state index is 13.1. The number of rotatable bonds is 4. The summed E-state index contributed by atoms with van der Waals surface area (Å²) in [5.74, 6) is 0.0870. The van der Waals surface area contributed by atoms with Crippen LogP contribution in [0.5, 0.6) is 0 Å². The summed E-state index contributed by atoms with van der Waals surface area (Å²) in [4.78, 5) is 17.5. The van der Waals surface area contributed by atoms with Crippen LogP contribution in [-0.4, -0.2) is 73.1 Å². The van der Waals surface area contributed by atoms with Crippen LogP contribution < -0.4 is 0 Å². The van der Waals surface area contributed by atoms with Gasteiger partial charge in [0.2, 0.25) is 0 Å². The second-order valence-electron chi connectivity index (χ2n) is 8.32. The highest BCUT2D eigenvalue weighted by Gasteiger charge is 2.36. The minimum absolute atomic E-state index is 0.0275. The van der Waals surface area contributed by atoms with Gasteiger partial charge in [-0.2, -0.15) is 0 Å². The molecule has 1 amide bonds. The van der Waals surface area contributed by atoms with Gasteiger partial charge in [0.05, 0.1) is 31.5 Å². The van der Waals surface area contributed by atoms with E-state index in [-0.39, 0.29) is 30.4 Å². The highest BCUT2D eigenvalue weighted by Crippen LogP contribution is 2.26. The third-order valence-electron chi connectivity index (χ3n) is 5.87. The number of ether oxygens (including phenoxy) is 3. The average Bonchev–Trinajstić information content (AvgIpc) is 3.22. The topological polar surface area (TPSA) is 51.2 Å². The van der Waals surface area contributed by atoms with Crippen molar-refractivity contribution in [3.05, 3.63) is 35.4 Å². The van der Waals surface area contributed by atoms with Gasteiger partial charge in [0, 0.05) is 31.7 Å². The highest BCUT2D eigenvalue weighted by atomic mass is 16.7. The van der Waals surface area contributed by atoms with E-state index in [1.165, 1.54) is 5.56 Å². The number of nitrogens with zero attached hydrogens (tertiary/aromatic N) is 2. The fourth-order valence-electron chi connectivity index (χ4n) is 4.68. The Labute approximate surface area is 167 Å². The summed E-state index contributed by atoms with van der Waals surface area (Å²) >= 11 is 0. The van der Waals surface area contributed by atoms with Gasteiger partial charge in [0.1, 0.15) is 0 Å². The van der Waals surface area contributed by atoms with E-state index in [0.717, 1.165) is 51.0 Å². The Kier molecular flexibility index (Phi) is 6.31. The second kappa shape index (κ2) is 8.91. The number of benzene rings is 1. The van der Waals surface area contributed by atoms with E-state index in [4.69, 9.17) is 14.2 Å². The van der Waals surface area contributed by atoms with Crippen molar-refractivity contribution in [1.29, 1.82) is 0 Å². The Morgan fingerprint density at radius 3 is 2.39 bits per heavy atom. The van der Waals surface area contributed by atoms with Crippen molar-refractivity contribution in [1.82, 2.24) is 9.80 Å². The Balaban J connectivity index is 1.40. The van der Waals surface area contributed by atoms with Crippen molar-refractivity contribution in [3.8, 4) is 0 Å². The van der Waals surface area contributed by atoms with E-state index in [9.17, 15) is 4.79 Å². The first-order valence-corrected chi connectivity index (χ1v) is 10.6. The first-order chi connectivity index (χ1) is 13.6. The molecule has 3 aliphatic heterocycles. The van der Waals surface area contributed by atoms with Crippen LogP contribution in [0.25, 0.3) is 0 Å². The molecule has 0 bridgehead atoms. The van der Waals surface area contributed by atoms with Crippen molar-refractivity contribution >= 4 is 5.91 Å². The summed E-state index contributed by atoms with van der Waals surface area (Å²) in [6.45, 7) is 9.05. The van der Waals surface area contributed by atoms with Crippen LogP contribution in [0.3, 0.4) is 0 Å². The number of piperidine rings is 1. The zero-order chi connectivity index (χ0) is 19.5. The molecular weight excluding hydrogens is 356 g/mol. The van der Waals surface area contributed by atoms with Gasteiger partial charge in [-0.1, -0.05) is 12.1 Å². The van der Waals surface area contributed by atoms with E-state index >= 15 is 0 Å². The van der Waals surface area contributed by atoms with Crippen LogP contribution in [0.15, 0.2) is 24.3 Å². The summed E-state index contributed by atoms with van der Waals surface area (Å²) in [6.07, 6.45) is 3.37. The van der Waals surface area contributed by atoms with Crippen molar-refractivity contribution in [3.63, 3.8) is 0 Å². The standard InChI is InChI=1S/C22H32N2O4/c1-16-13-23(14-17(2)28-16)15-18-6-8-19(9-7-18)21(25)24-10-4-3-5-20(24)22-26-11-12-27-22/h6-9,16-17,20,22H,3-5,10-15H2,1-2H3. The molecule has 3 fully saturated rings. The first-order valence-electron chi connectivity index (χ1n) is 10.6. The van der Waals surface area contributed by atoms with Gasteiger partial charge in [-0.25, -0.2) is 0 Å². The molecule has 0 aliphatic carbocycles. The summed E-state index contributed by atoms with van der Waals surface area (Å²) in [5.41, 5.74) is 1.98. The Morgan fingerprint density at radius 1 is 1.04 bits per heavy atom. The number of carbonyl (C=O) groups excluding carboxylic acids is 1. The molecule has 0 spiro atoms. The maximum Gasteiger partial charge on any atom is 0.254 e. The molecule has 3 aliphatic rings. The molecule has 3 heterocycles. The SMILES string of the molecule is CC1CN(Cc2ccc(C(=O)N3CCCCC3C3OCCO3)cc2)CC(C)O1. The molecule has 3 unspecified atom stereocenters. The van der Waals surface area contributed by atoms with Crippen LogP contribution in [0, 0.1) is 0 Å². The molecule has 3 atom stereocenters. The molecular formula is C22H32N2O4. The van der Waals surface area contributed by atoms with Crippen molar-refractivity contribution in [2.45, 2.75) is 64.2 Å². The van der Waals surface area contributed by atoms with E-state index in [1.54, 1.807) is 0 Å². The smallest absolute Gasteiger partial charge is 0.254 e. The van der Waals surface area contributed by atoms with Gasteiger partial charge in [0.15, 0.2) is 6.29 Å². The molecule has 0 N–H and O–H groups in total. The lowest BCUT2D eigenvalue weighted by Crippen LogP contribution is -2.50. The molecule has 6 heteroatoms. The summed E-state index contributed by atoms with van der Waals surface area (Å²) in [6, 6.07) is 8.12. The van der Waals surface area contributed by atoms with E-state index in [0.29, 0.717) is 13.2 Å². The summed E-state index contributed by atoms with van der Waals surface area (Å²) in [7, 11) is 0. The lowest BCUT2D eigenvalue weighted by molar-refractivity contribution is -0.100. The second-order valence-corrected chi connectivity index (χ2v) is 8.32. The number of amides is 1. The maximum absolute atomic E-state index is 13.1. The Bertz CT molecular complexity index is 649. The predicted octanol–water partition coefficient (Wildman–Crippen LogP) is 2.66. The van der Waals surface area contributed by atoms with E-state index < -0.39 is 0 Å². The van der Waals surface area contributed by atoms with Crippen molar-refractivity contribution in [2.75, 3.05) is 32.8 Å². The molecule has 28 heavy (non-hydrogen) atoms.